The summed E-state index contributed by atoms with van der Waals surface area (Å²) in [7, 11) is 0. The molecule has 1 aliphatic rings. The Balaban J connectivity index is 3.06. The minimum absolute atomic E-state index is 0.00647. The van der Waals surface area contributed by atoms with Crippen molar-refractivity contribution in [3.8, 4) is 0 Å². The molecule has 0 saturated heterocycles. The first-order chi connectivity index (χ1) is 5.55. The van der Waals surface area contributed by atoms with Crippen molar-refractivity contribution < 1.29 is 0 Å². The van der Waals surface area contributed by atoms with Crippen LogP contribution in [0.15, 0.2) is 28.7 Å². The van der Waals surface area contributed by atoms with Gasteiger partial charge in [-0.2, -0.15) is 0 Å². The van der Waals surface area contributed by atoms with Crippen LogP contribution in [0.2, 0.25) is 0 Å². The Labute approximate surface area is 78.1 Å². The molecule has 1 N–H and O–H groups in total. The highest BCUT2D eigenvalue weighted by Gasteiger charge is 2.13. The Bertz CT molecular complexity index is 285. The zero-order chi connectivity index (χ0) is 9.19. The Hall–Kier alpha value is -0.830. The molecule has 0 aromatic heterocycles. The SMILES string of the molecule is CC1(C)C=CC(=N)/C(=N\S)C=C1. The van der Waals surface area contributed by atoms with Crippen molar-refractivity contribution in [2.45, 2.75) is 13.8 Å². The molecule has 3 heteroatoms. The average molecular weight is 180 g/mol. The summed E-state index contributed by atoms with van der Waals surface area (Å²) in [5.41, 5.74) is 1.03. The minimum Gasteiger partial charge on any atom is -0.299 e. The number of nitrogens with one attached hydrogen (secondary N) is 1. The lowest BCUT2D eigenvalue weighted by Crippen LogP contribution is -2.04. The summed E-state index contributed by atoms with van der Waals surface area (Å²) in [6, 6.07) is 0. The van der Waals surface area contributed by atoms with Crippen LogP contribution in [-0.4, -0.2) is 11.4 Å². The third-order valence-corrected chi connectivity index (χ3v) is 1.95. The fourth-order valence-corrected chi connectivity index (χ4v) is 1.08. The molecule has 2 nitrogen and oxygen atoms in total. The smallest absolute Gasteiger partial charge is 0.0956 e. The summed E-state index contributed by atoms with van der Waals surface area (Å²) < 4.78 is 3.70. The number of thiol groups is 1. The molecule has 0 aromatic rings. The van der Waals surface area contributed by atoms with Crippen LogP contribution in [0, 0.1) is 10.8 Å². The summed E-state index contributed by atoms with van der Waals surface area (Å²) in [5, 5.41) is 7.54. The first-order valence-electron chi connectivity index (χ1n) is 3.74. The highest BCUT2D eigenvalue weighted by Crippen LogP contribution is 2.21. The van der Waals surface area contributed by atoms with E-state index in [0.717, 1.165) is 0 Å². The Morgan fingerprint density at radius 1 is 1.33 bits per heavy atom. The average Bonchev–Trinajstić information content (AvgIpc) is 2.13. The molecular formula is C9H12N2S. The molecule has 0 amide bonds. The monoisotopic (exact) mass is 180 g/mol. The number of nitrogens with zero attached hydrogens (tertiary/aromatic N) is 1. The van der Waals surface area contributed by atoms with E-state index >= 15 is 0 Å². The highest BCUT2D eigenvalue weighted by molar-refractivity contribution is 7.79. The van der Waals surface area contributed by atoms with E-state index in [4.69, 9.17) is 5.41 Å². The van der Waals surface area contributed by atoms with Gasteiger partial charge in [-0.25, -0.2) is 4.40 Å². The lowest BCUT2D eigenvalue weighted by molar-refractivity contribution is 0.628. The standard InChI is InChI=1S/C9H12N2S/c1-9(2)5-3-7(10)8(11-12)4-6-9/h3-6,10,12H,1-2H3/b10-7?,11-8-. The van der Waals surface area contributed by atoms with Crippen LogP contribution in [0.5, 0.6) is 0 Å². The first kappa shape index (κ1) is 9.26. The molecule has 0 atom stereocenters. The van der Waals surface area contributed by atoms with Gasteiger partial charge in [-0.3, -0.25) is 5.41 Å². The molecule has 0 unspecified atom stereocenters. The van der Waals surface area contributed by atoms with E-state index < -0.39 is 0 Å². The van der Waals surface area contributed by atoms with Gasteiger partial charge in [0.25, 0.3) is 0 Å². The van der Waals surface area contributed by atoms with E-state index in [9.17, 15) is 0 Å². The van der Waals surface area contributed by atoms with Crippen LogP contribution in [0.25, 0.3) is 0 Å². The van der Waals surface area contributed by atoms with E-state index in [1.165, 1.54) is 0 Å². The Kier molecular flexibility index (Phi) is 2.52. The molecule has 0 saturated carbocycles. The second kappa shape index (κ2) is 3.27. The van der Waals surface area contributed by atoms with Crippen molar-refractivity contribution in [3.63, 3.8) is 0 Å². The molecular weight excluding hydrogens is 168 g/mol. The molecule has 0 aromatic carbocycles. The van der Waals surface area contributed by atoms with Gasteiger partial charge < -0.3 is 0 Å². The summed E-state index contributed by atoms with van der Waals surface area (Å²) in [6.45, 7) is 4.16. The van der Waals surface area contributed by atoms with Crippen LogP contribution >= 0.6 is 12.8 Å². The van der Waals surface area contributed by atoms with Gasteiger partial charge in [-0.05, 0) is 25.0 Å². The molecule has 0 spiro atoms. The van der Waals surface area contributed by atoms with Gasteiger partial charge in [0.1, 0.15) is 0 Å². The summed E-state index contributed by atoms with van der Waals surface area (Å²) in [6.07, 6.45) is 7.59. The molecule has 0 fully saturated rings. The van der Waals surface area contributed by atoms with Gasteiger partial charge in [-0.15, -0.1) is 0 Å². The number of allylic oxidation sites excluding steroid dienone is 4. The molecule has 12 heavy (non-hydrogen) atoms. The fourth-order valence-electron chi connectivity index (χ4n) is 0.910. The Morgan fingerprint density at radius 2 is 1.92 bits per heavy atom. The maximum absolute atomic E-state index is 7.54. The second-order valence-electron chi connectivity index (χ2n) is 3.39. The quantitative estimate of drug-likeness (QED) is 0.537. The molecule has 1 rings (SSSR count). The van der Waals surface area contributed by atoms with Crippen LogP contribution in [0.3, 0.4) is 0 Å². The van der Waals surface area contributed by atoms with E-state index in [2.05, 4.69) is 31.1 Å². The van der Waals surface area contributed by atoms with Gasteiger partial charge in [0.2, 0.25) is 0 Å². The van der Waals surface area contributed by atoms with Crippen LogP contribution in [0.4, 0.5) is 0 Å². The van der Waals surface area contributed by atoms with E-state index in [-0.39, 0.29) is 5.41 Å². The van der Waals surface area contributed by atoms with Gasteiger partial charge in [-0.1, -0.05) is 26.0 Å². The van der Waals surface area contributed by atoms with Crippen molar-refractivity contribution >= 4 is 24.2 Å². The predicted octanol–water partition coefficient (Wildman–Crippen LogP) is 2.44. The van der Waals surface area contributed by atoms with E-state index in [1.807, 2.05) is 18.2 Å². The zero-order valence-corrected chi connectivity index (χ0v) is 8.10. The molecule has 0 heterocycles. The van der Waals surface area contributed by atoms with Gasteiger partial charge >= 0.3 is 0 Å². The molecule has 64 valence electrons. The minimum atomic E-state index is 0.00647. The molecule has 0 aliphatic heterocycles. The number of rotatable bonds is 0. The van der Waals surface area contributed by atoms with Gasteiger partial charge in [0, 0.05) is 5.41 Å². The van der Waals surface area contributed by atoms with E-state index in [1.54, 1.807) is 6.08 Å². The first-order valence-corrected chi connectivity index (χ1v) is 4.14. The van der Waals surface area contributed by atoms with Crippen molar-refractivity contribution in [1.82, 2.24) is 0 Å². The molecule has 0 bridgehead atoms. The van der Waals surface area contributed by atoms with Crippen LogP contribution in [-0.2, 0) is 0 Å². The number of hydrogen-bond donors (Lipinski definition) is 2. The van der Waals surface area contributed by atoms with Crippen molar-refractivity contribution in [1.29, 1.82) is 5.41 Å². The highest BCUT2D eigenvalue weighted by atomic mass is 32.1. The maximum Gasteiger partial charge on any atom is 0.0956 e. The van der Waals surface area contributed by atoms with E-state index in [0.29, 0.717) is 11.4 Å². The van der Waals surface area contributed by atoms with Crippen molar-refractivity contribution in [2.75, 3.05) is 0 Å². The summed E-state index contributed by atoms with van der Waals surface area (Å²) in [4.78, 5) is 0. The summed E-state index contributed by atoms with van der Waals surface area (Å²) in [5.74, 6) is 0. The second-order valence-corrected chi connectivity index (χ2v) is 3.59. The lowest BCUT2D eigenvalue weighted by atomic mass is 9.93. The van der Waals surface area contributed by atoms with Crippen LogP contribution in [0.1, 0.15) is 13.8 Å². The van der Waals surface area contributed by atoms with Crippen molar-refractivity contribution in [2.24, 2.45) is 9.81 Å². The third kappa shape index (κ3) is 2.08. The predicted molar refractivity (Wildman–Crippen MR) is 56.2 cm³/mol. The van der Waals surface area contributed by atoms with Gasteiger partial charge in [0.15, 0.2) is 0 Å². The third-order valence-electron chi connectivity index (χ3n) is 1.73. The number of hydrogen-bond acceptors (Lipinski definition) is 3. The normalized spacial score (nSPS) is 24.6. The van der Waals surface area contributed by atoms with Gasteiger partial charge in [0.05, 0.1) is 11.4 Å². The topological polar surface area (TPSA) is 36.2 Å². The fraction of sp³-hybridized carbons (Fsp3) is 0.333. The Morgan fingerprint density at radius 3 is 2.50 bits per heavy atom. The largest absolute Gasteiger partial charge is 0.299 e. The van der Waals surface area contributed by atoms with Crippen molar-refractivity contribution in [3.05, 3.63) is 24.3 Å². The molecule has 0 radical (unpaired) electrons. The molecule has 1 aliphatic carbocycles. The van der Waals surface area contributed by atoms with Crippen LogP contribution < -0.4 is 0 Å². The maximum atomic E-state index is 7.54. The summed E-state index contributed by atoms with van der Waals surface area (Å²) >= 11 is 3.79. The zero-order valence-electron chi connectivity index (χ0n) is 7.20. The lowest BCUT2D eigenvalue weighted by Gasteiger charge is -2.11.